The SMILES string of the molecule is CC(=O)Nc1ccc(Sc2nc(Nc3cc(C)[nH]n3)c(C)c(N3CCCCCC3)n2)cc1. The van der Waals surface area contributed by atoms with E-state index in [1.807, 2.05) is 37.3 Å². The van der Waals surface area contributed by atoms with E-state index in [9.17, 15) is 4.79 Å². The Bertz CT molecular complexity index is 1070. The second-order valence-electron chi connectivity index (χ2n) is 8.07. The number of carbonyl (C=O) groups excluding carboxylic acids is 1. The Balaban J connectivity index is 1.64. The summed E-state index contributed by atoms with van der Waals surface area (Å²) in [5, 5.41) is 14.1. The zero-order chi connectivity index (χ0) is 22.5. The van der Waals surface area contributed by atoms with Gasteiger partial charge in [0.25, 0.3) is 0 Å². The third-order valence-electron chi connectivity index (χ3n) is 5.34. The van der Waals surface area contributed by atoms with Crippen LogP contribution in [0.2, 0.25) is 0 Å². The first-order valence-electron chi connectivity index (χ1n) is 11.0. The van der Waals surface area contributed by atoms with Crippen LogP contribution in [0.15, 0.2) is 40.4 Å². The van der Waals surface area contributed by atoms with E-state index in [1.165, 1.54) is 44.4 Å². The van der Waals surface area contributed by atoms with Crippen LogP contribution in [0.5, 0.6) is 0 Å². The highest BCUT2D eigenvalue weighted by Gasteiger charge is 2.19. The van der Waals surface area contributed by atoms with Gasteiger partial charge in [0.15, 0.2) is 11.0 Å². The predicted octanol–water partition coefficient (Wildman–Crippen LogP) is 5.05. The van der Waals surface area contributed by atoms with Gasteiger partial charge in [-0.1, -0.05) is 12.8 Å². The lowest BCUT2D eigenvalue weighted by Gasteiger charge is -2.24. The molecule has 4 rings (SSSR count). The molecule has 1 saturated heterocycles. The third-order valence-corrected chi connectivity index (χ3v) is 6.21. The number of anilines is 4. The van der Waals surface area contributed by atoms with E-state index in [0.29, 0.717) is 5.16 Å². The minimum absolute atomic E-state index is 0.0846. The van der Waals surface area contributed by atoms with Crippen LogP contribution in [0.25, 0.3) is 0 Å². The molecule has 1 aliphatic rings. The molecule has 3 heterocycles. The molecule has 9 heteroatoms. The second-order valence-corrected chi connectivity index (χ2v) is 9.11. The van der Waals surface area contributed by atoms with Crippen LogP contribution in [-0.4, -0.2) is 39.2 Å². The molecular weight excluding hydrogens is 422 g/mol. The molecule has 0 aliphatic carbocycles. The molecule has 0 bridgehead atoms. The second kappa shape index (κ2) is 10.0. The first-order chi connectivity index (χ1) is 15.5. The van der Waals surface area contributed by atoms with Crippen molar-refractivity contribution < 1.29 is 4.79 Å². The molecule has 0 atom stereocenters. The van der Waals surface area contributed by atoms with Crippen molar-refractivity contribution in [2.45, 2.75) is 56.5 Å². The maximum atomic E-state index is 11.3. The Kier molecular flexibility index (Phi) is 6.94. The fourth-order valence-corrected chi connectivity index (χ4v) is 4.51. The number of benzene rings is 1. The number of hydrogen-bond donors (Lipinski definition) is 3. The molecule has 3 aromatic rings. The lowest BCUT2D eigenvalue weighted by molar-refractivity contribution is -0.114. The van der Waals surface area contributed by atoms with E-state index in [0.717, 1.165) is 52.4 Å². The molecule has 0 unspecified atom stereocenters. The number of aromatic nitrogens is 4. The molecule has 168 valence electrons. The highest BCUT2D eigenvalue weighted by Crippen LogP contribution is 2.33. The highest BCUT2D eigenvalue weighted by atomic mass is 32.2. The molecule has 1 aliphatic heterocycles. The van der Waals surface area contributed by atoms with E-state index in [4.69, 9.17) is 9.97 Å². The number of nitrogens with zero attached hydrogens (tertiary/aromatic N) is 4. The van der Waals surface area contributed by atoms with Gasteiger partial charge in [-0.3, -0.25) is 9.89 Å². The minimum Gasteiger partial charge on any atom is -0.356 e. The van der Waals surface area contributed by atoms with Gasteiger partial charge in [0.2, 0.25) is 5.91 Å². The molecule has 0 radical (unpaired) electrons. The van der Waals surface area contributed by atoms with Crippen molar-refractivity contribution in [3.05, 3.63) is 41.6 Å². The average molecular weight is 452 g/mol. The largest absolute Gasteiger partial charge is 0.356 e. The summed E-state index contributed by atoms with van der Waals surface area (Å²) in [6, 6.07) is 9.67. The number of nitrogens with one attached hydrogen (secondary N) is 3. The van der Waals surface area contributed by atoms with Crippen molar-refractivity contribution in [1.29, 1.82) is 0 Å². The summed E-state index contributed by atoms with van der Waals surface area (Å²) in [5.41, 5.74) is 2.78. The summed E-state index contributed by atoms with van der Waals surface area (Å²) >= 11 is 1.51. The van der Waals surface area contributed by atoms with Crippen molar-refractivity contribution in [2.24, 2.45) is 0 Å². The van der Waals surface area contributed by atoms with Crippen molar-refractivity contribution >= 4 is 40.8 Å². The molecule has 32 heavy (non-hydrogen) atoms. The van der Waals surface area contributed by atoms with Crippen molar-refractivity contribution in [2.75, 3.05) is 28.6 Å². The fraction of sp³-hybridized carbons (Fsp3) is 0.391. The van der Waals surface area contributed by atoms with Crippen LogP contribution in [0.4, 0.5) is 23.1 Å². The van der Waals surface area contributed by atoms with Crippen molar-refractivity contribution in [3.8, 4) is 0 Å². The van der Waals surface area contributed by atoms with Gasteiger partial charge in [-0.25, -0.2) is 9.97 Å². The maximum Gasteiger partial charge on any atom is 0.221 e. The Hall–Kier alpha value is -3.07. The molecule has 0 spiro atoms. The van der Waals surface area contributed by atoms with Gasteiger partial charge in [-0.15, -0.1) is 0 Å². The smallest absolute Gasteiger partial charge is 0.221 e. The number of aromatic amines is 1. The lowest BCUT2D eigenvalue weighted by atomic mass is 10.2. The topological polar surface area (TPSA) is 98.8 Å². The van der Waals surface area contributed by atoms with E-state index >= 15 is 0 Å². The van der Waals surface area contributed by atoms with Crippen molar-refractivity contribution in [3.63, 3.8) is 0 Å². The van der Waals surface area contributed by atoms with E-state index < -0.39 is 0 Å². The van der Waals surface area contributed by atoms with Gasteiger partial charge < -0.3 is 15.5 Å². The van der Waals surface area contributed by atoms with Crippen LogP contribution < -0.4 is 15.5 Å². The number of hydrogen-bond acceptors (Lipinski definition) is 7. The maximum absolute atomic E-state index is 11.3. The predicted molar refractivity (Wildman–Crippen MR) is 129 cm³/mol. The third kappa shape index (κ3) is 5.59. The van der Waals surface area contributed by atoms with Crippen LogP contribution in [-0.2, 0) is 4.79 Å². The highest BCUT2D eigenvalue weighted by molar-refractivity contribution is 7.99. The first-order valence-corrected chi connectivity index (χ1v) is 11.8. The van der Waals surface area contributed by atoms with Crippen molar-refractivity contribution in [1.82, 2.24) is 20.2 Å². The molecule has 1 fully saturated rings. The zero-order valence-corrected chi connectivity index (χ0v) is 19.6. The van der Waals surface area contributed by atoms with Crippen LogP contribution in [0.3, 0.4) is 0 Å². The summed E-state index contributed by atoms with van der Waals surface area (Å²) in [6.07, 6.45) is 4.89. The molecule has 1 amide bonds. The average Bonchev–Trinajstić information content (AvgIpc) is 2.99. The van der Waals surface area contributed by atoms with E-state index in [-0.39, 0.29) is 5.91 Å². The Morgan fingerprint density at radius 2 is 1.78 bits per heavy atom. The number of amides is 1. The number of H-pyrrole nitrogens is 1. The van der Waals surface area contributed by atoms with Gasteiger partial charge in [0, 0.05) is 47.9 Å². The number of carbonyl (C=O) groups is 1. The summed E-state index contributed by atoms with van der Waals surface area (Å²) in [6.45, 7) is 7.56. The molecule has 0 saturated carbocycles. The van der Waals surface area contributed by atoms with E-state index in [2.05, 4.69) is 32.7 Å². The molecule has 1 aromatic carbocycles. The minimum atomic E-state index is -0.0846. The standard InChI is InChI=1S/C23H29N7OS/c1-15-14-20(29-28-15)25-21-16(2)22(30-12-6-4-5-7-13-30)27-23(26-21)32-19-10-8-18(9-11-19)24-17(3)31/h8-11,14H,4-7,12-13H2,1-3H3,(H,24,31)(H2,25,26,27,28,29). The first kappa shape index (κ1) is 22.1. The van der Waals surface area contributed by atoms with E-state index in [1.54, 1.807) is 0 Å². The van der Waals surface area contributed by atoms with Gasteiger partial charge in [0.1, 0.15) is 11.6 Å². The molecule has 8 nitrogen and oxygen atoms in total. The summed E-state index contributed by atoms with van der Waals surface area (Å²) in [5.74, 6) is 2.40. The van der Waals surface area contributed by atoms with Gasteiger partial charge in [0.05, 0.1) is 0 Å². The fourth-order valence-electron chi connectivity index (χ4n) is 3.76. The van der Waals surface area contributed by atoms with Crippen LogP contribution in [0, 0.1) is 13.8 Å². The normalized spacial score (nSPS) is 14.2. The van der Waals surface area contributed by atoms with Gasteiger partial charge in [-0.05, 0) is 62.7 Å². The zero-order valence-electron chi connectivity index (χ0n) is 18.7. The lowest BCUT2D eigenvalue weighted by Crippen LogP contribution is -2.26. The quantitative estimate of drug-likeness (QED) is 0.451. The Morgan fingerprint density at radius 1 is 1.06 bits per heavy atom. The monoisotopic (exact) mass is 451 g/mol. The Labute approximate surface area is 192 Å². The molecule has 2 aromatic heterocycles. The van der Waals surface area contributed by atoms with Gasteiger partial charge >= 0.3 is 0 Å². The molecular formula is C23H29N7OS. The van der Waals surface area contributed by atoms with Crippen LogP contribution >= 0.6 is 11.8 Å². The van der Waals surface area contributed by atoms with Crippen LogP contribution in [0.1, 0.15) is 43.9 Å². The summed E-state index contributed by atoms with van der Waals surface area (Å²) in [7, 11) is 0. The summed E-state index contributed by atoms with van der Waals surface area (Å²) in [4.78, 5) is 24.4. The number of rotatable bonds is 6. The van der Waals surface area contributed by atoms with Gasteiger partial charge in [-0.2, -0.15) is 5.10 Å². The molecule has 3 N–H and O–H groups in total. The Morgan fingerprint density at radius 3 is 2.41 bits per heavy atom. The number of aryl methyl sites for hydroxylation is 1. The summed E-state index contributed by atoms with van der Waals surface area (Å²) < 4.78 is 0.